The van der Waals surface area contributed by atoms with Crippen LogP contribution in [0.1, 0.15) is 24.7 Å². The fourth-order valence-corrected chi connectivity index (χ4v) is 1.91. The number of aliphatic hydroxyl groups excluding tert-OH is 1. The molecule has 0 aliphatic heterocycles. The van der Waals surface area contributed by atoms with Gasteiger partial charge in [0.15, 0.2) is 0 Å². The third-order valence-corrected chi connectivity index (χ3v) is 2.81. The van der Waals surface area contributed by atoms with Crippen molar-refractivity contribution in [1.29, 1.82) is 0 Å². The van der Waals surface area contributed by atoms with E-state index in [1.54, 1.807) is 10.8 Å². The first-order valence-corrected chi connectivity index (χ1v) is 5.47. The van der Waals surface area contributed by atoms with Crippen molar-refractivity contribution in [1.82, 2.24) is 9.78 Å². The van der Waals surface area contributed by atoms with Gasteiger partial charge in [0.05, 0.1) is 22.5 Å². The first-order valence-electron chi connectivity index (χ1n) is 5.09. The molecule has 0 fully saturated rings. The molecular weight excluding hydrogens is 212 g/mol. The Morgan fingerprint density at radius 2 is 2.33 bits per heavy atom. The van der Waals surface area contributed by atoms with Gasteiger partial charge in [-0.3, -0.25) is 4.68 Å². The Bertz CT molecular complexity index is 347. The molecule has 0 radical (unpaired) electrons. The topological polar surface area (TPSA) is 38.1 Å². The Balaban J connectivity index is 2.84. The van der Waals surface area contributed by atoms with Gasteiger partial charge >= 0.3 is 0 Å². The van der Waals surface area contributed by atoms with Gasteiger partial charge in [-0.15, -0.1) is 6.58 Å². The number of rotatable bonds is 5. The fourth-order valence-electron chi connectivity index (χ4n) is 1.54. The highest BCUT2D eigenvalue weighted by Gasteiger charge is 2.15. The molecule has 1 rings (SSSR count). The van der Waals surface area contributed by atoms with Crippen LogP contribution in [0, 0.1) is 0 Å². The Hall–Kier alpha value is -0.800. The van der Waals surface area contributed by atoms with Crippen LogP contribution >= 0.6 is 11.6 Å². The lowest BCUT2D eigenvalue weighted by molar-refractivity contribution is 0.176. The maximum absolute atomic E-state index is 9.66. The standard InChI is InChI=1S/C11H17ClN2O/c1-4-6-8(15)7-10-11(12)9(5-2)13-14(10)3/h4,8,15H,1,5-7H2,2-3H3. The normalized spacial score (nSPS) is 12.8. The molecule has 1 aromatic heterocycles. The van der Waals surface area contributed by atoms with Crippen LogP contribution in [0.2, 0.25) is 5.02 Å². The van der Waals surface area contributed by atoms with Gasteiger partial charge in [0.1, 0.15) is 0 Å². The summed E-state index contributed by atoms with van der Waals surface area (Å²) in [6.45, 7) is 5.61. The van der Waals surface area contributed by atoms with E-state index in [1.807, 2.05) is 14.0 Å². The molecule has 1 aromatic rings. The molecule has 1 atom stereocenters. The van der Waals surface area contributed by atoms with Crippen LogP contribution in [0.4, 0.5) is 0 Å². The van der Waals surface area contributed by atoms with Gasteiger partial charge < -0.3 is 5.11 Å². The Morgan fingerprint density at radius 1 is 1.67 bits per heavy atom. The summed E-state index contributed by atoms with van der Waals surface area (Å²) in [6.07, 6.45) is 3.18. The molecule has 3 nitrogen and oxygen atoms in total. The summed E-state index contributed by atoms with van der Waals surface area (Å²) in [5.41, 5.74) is 1.78. The van der Waals surface area contributed by atoms with E-state index in [0.717, 1.165) is 17.8 Å². The van der Waals surface area contributed by atoms with E-state index in [9.17, 15) is 5.11 Å². The van der Waals surface area contributed by atoms with Crippen LogP contribution in [0.5, 0.6) is 0 Å². The van der Waals surface area contributed by atoms with Gasteiger partial charge in [-0.2, -0.15) is 5.10 Å². The molecule has 0 spiro atoms. The highest BCUT2D eigenvalue weighted by molar-refractivity contribution is 6.31. The van der Waals surface area contributed by atoms with Gasteiger partial charge in [-0.05, 0) is 12.8 Å². The van der Waals surface area contributed by atoms with Gasteiger partial charge in [-0.25, -0.2) is 0 Å². The van der Waals surface area contributed by atoms with Crippen LogP contribution in [0.25, 0.3) is 0 Å². The average Bonchev–Trinajstić information content (AvgIpc) is 2.45. The molecular formula is C11H17ClN2O. The molecule has 0 saturated carbocycles. The molecule has 1 unspecified atom stereocenters. The molecule has 4 heteroatoms. The van der Waals surface area contributed by atoms with E-state index in [4.69, 9.17) is 11.6 Å². The average molecular weight is 229 g/mol. The first-order chi connectivity index (χ1) is 7.10. The molecule has 0 amide bonds. The third-order valence-electron chi connectivity index (χ3n) is 2.37. The van der Waals surface area contributed by atoms with Crippen LogP contribution in [0.3, 0.4) is 0 Å². The number of aryl methyl sites for hydroxylation is 2. The van der Waals surface area contributed by atoms with Gasteiger partial charge in [0.25, 0.3) is 0 Å². The minimum Gasteiger partial charge on any atom is -0.392 e. The molecule has 84 valence electrons. The predicted molar refractivity (Wildman–Crippen MR) is 62.1 cm³/mol. The van der Waals surface area contributed by atoms with Crippen molar-refractivity contribution in [3.05, 3.63) is 29.1 Å². The van der Waals surface area contributed by atoms with Crippen LogP contribution in [-0.4, -0.2) is 21.0 Å². The molecule has 0 aromatic carbocycles. The zero-order valence-electron chi connectivity index (χ0n) is 9.20. The van der Waals surface area contributed by atoms with E-state index in [1.165, 1.54) is 0 Å². The van der Waals surface area contributed by atoms with Crippen molar-refractivity contribution < 1.29 is 5.11 Å². The lowest BCUT2D eigenvalue weighted by atomic mass is 10.1. The van der Waals surface area contributed by atoms with Crippen molar-refractivity contribution in [3.63, 3.8) is 0 Å². The Morgan fingerprint density at radius 3 is 2.80 bits per heavy atom. The lowest BCUT2D eigenvalue weighted by Crippen LogP contribution is -2.12. The van der Waals surface area contributed by atoms with Gasteiger partial charge in [0.2, 0.25) is 0 Å². The summed E-state index contributed by atoms with van der Waals surface area (Å²) in [7, 11) is 1.85. The smallest absolute Gasteiger partial charge is 0.0850 e. The van der Waals surface area contributed by atoms with Crippen molar-refractivity contribution in [2.75, 3.05) is 0 Å². The molecule has 0 bridgehead atoms. The lowest BCUT2D eigenvalue weighted by Gasteiger charge is -2.08. The van der Waals surface area contributed by atoms with Crippen molar-refractivity contribution in [3.8, 4) is 0 Å². The van der Waals surface area contributed by atoms with Crippen LogP contribution < -0.4 is 0 Å². The summed E-state index contributed by atoms with van der Waals surface area (Å²) >= 11 is 6.15. The summed E-state index contributed by atoms with van der Waals surface area (Å²) in [4.78, 5) is 0. The Labute approximate surface area is 95.4 Å². The molecule has 1 heterocycles. The summed E-state index contributed by atoms with van der Waals surface area (Å²) in [6, 6.07) is 0. The van der Waals surface area contributed by atoms with Crippen molar-refractivity contribution in [2.45, 2.75) is 32.3 Å². The second-order valence-corrected chi connectivity index (χ2v) is 3.94. The quantitative estimate of drug-likeness (QED) is 0.784. The SMILES string of the molecule is C=CCC(O)Cc1c(Cl)c(CC)nn1C. The molecule has 0 aliphatic carbocycles. The number of hydrogen-bond donors (Lipinski definition) is 1. The van der Waals surface area contributed by atoms with E-state index >= 15 is 0 Å². The zero-order chi connectivity index (χ0) is 11.4. The largest absolute Gasteiger partial charge is 0.392 e. The number of hydrogen-bond acceptors (Lipinski definition) is 2. The minimum atomic E-state index is -0.430. The minimum absolute atomic E-state index is 0.430. The second-order valence-electron chi connectivity index (χ2n) is 3.57. The fraction of sp³-hybridized carbons (Fsp3) is 0.545. The predicted octanol–water partition coefficient (Wildman–Crippen LogP) is 2.12. The number of aromatic nitrogens is 2. The molecule has 15 heavy (non-hydrogen) atoms. The highest BCUT2D eigenvalue weighted by atomic mass is 35.5. The third kappa shape index (κ3) is 2.83. The van der Waals surface area contributed by atoms with Crippen molar-refractivity contribution >= 4 is 11.6 Å². The molecule has 0 aliphatic rings. The number of aliphatic hydroxyl groups is 1. The first kappa shape index (κ1) is 12.3. The van der Waals surface area contributed by atoms with E-state index in [0.29, 0.717) is 17.9 Å². The zero-order valence-corrected chi connectivity index (χ0v) is 9.96. The van der Waals surface area contributed by atoms with Gasteiger partial charge in [0, 0.05) is 13.5 Å². The second kappa shape index (κ2) is 5.33. The van der Waals surface area contributed by atoms with Crippen molar-refractivity contribution in [2.24, 2.45) is 7.05 Å². The number of nitrogens with zero attached hydrogens (tertiary/aromatic N) is 2. The molecule has 0 saturated heterocycles. The maximum Gasteiger partial charge on any atom is 0.0850 e. The summed E-state index contributed by atoms with van der Waals surface area (Å²) in [5, 5.41) is 14.6. The van der Waals surface area contributed by atoms with E-state index in [2.05, 4.69) is 11.7 Å². The summed E-state index contributed by atoms with van der Waals surface area (Å²) in [5.74, 6) is 0. The Kier molecular flexibility index (Phi) is 4.36. The van der Waals surface area contributed by atoms with E-state index < -0.39 is 6.10 Å². The highest BCUT2D eigenvalue weighted by Crippen LogP contribution is 2.22. The molecule has 1 N–H and O–H groups in total. The number of halogens is 1. The maximum atomic E-state index is 9.66. The van der Waals surface area contributed by atoms with E-state index in [-0.39, 0.29) is 0 Å². The summed E-state index contributed by atoms with van der Waals surface area (Å²) < 4.78 is 1.74. The van der Waals surface area contributed by atoms with Crippen LogP contribution in [-0.2, 0) is 19.9 Å². The monoisotopic (exact) mass is 228 g/mol. The van der Waals surface area contributed by atoms with Crippen LogP contribution in [0.15, 0.2) is 12.7 Å². The van der Waals surface area contributed by atoms with Gasteiger partial charge in [-0.1, -0.05) is 24.6 Å².